The van der Waals surface area contributed by atoms with E-state index in [2.05, 4.69) is 4.98 Å². The van der Waals surface area contributed by atoms with Gasteiger partial charge in [0.25, 0.3) is 0 Å². The number of aromatic nitrogens is 1. The highest BCUT2D eigenvalue weighted by Crippen LogP contribution is 2.27. The molecule has 2 N–H and O–H groups in total. The predicted octanol–water partition coefficient (Wildman–Crippen LogP) is 1.50. The number of hydrogen-bond acceptors (Lipinski definition) is 3. The van der Waals surface area contributed by atoms with Crippen molar-refractivity contribution in [2.75, 3.05) is 0 Å². The van der Waals surface area contributed by atoms with E-state index in [1.807, 2.05) is 36.4 Å². The summed E-state index contributed by atoms with van der Waals surface area (Å²) in [5.74, 6) is -0.691. The van der Waals surface area contributed by atoms with E-state index in [-0.39, 0.29) is 0 Å². The maximum absolute atomic E-state index is 11.5. The number of pyridine rings is 1. The van der Waals surface area contributed by atoms with Gasteiger partial charge >= 0.3 is 0 Å². The fourth-order valence-corrected chi connectivity index (χ4v) is 1.74. The molecule has 0 fully saturated rings. The Hall–Kier alpha value is -2.41. The van der Waals surface area contributed by atoms with Crippen LogP contribution >= 0.6 is 0 Å². The Morgan fingerprint density at radius 2 is 2.12 bits per heavy atom. The van der Waals surface area contributed by atoms with Crippen LogP contribution in [0.3, 0.4) is 0 Å². The van der Waals surface area contributed by atoms with Crippen molar-refractivity contribution >= 4 is 16.7 Å². The molecule has 84 valence electrons. The topological polar surface area (TPSA) is 79.8 Å². The molecule has 4 heteroatoms. The minimum Gasteiger partial charge on any atom is -0.368 e. The van der Waals surface area contributed by atoms with Crippen LogP contribution in [0, 0.1) is 11.3 Å². The number of nitrogens with two attached hydrogens (primary N) is 1. The van der Waals surface area contributed by atoms with Gasteiger partial charge in [0.15, 0.2) is 5.41 Å². The van der Waals surface area contributed by atoms with E-state index in [0.29, 0.717) is 5.69 Å². The first-order valence-electron chi connectivity index (χ1n) is 5.15. The van der Waals surface area contributed by atoms with E-state index in [4.69, 9.17) is 5.73 Å². The number of carbonyl (C=O) groups is 1. The van der Waals surface area contributed by atoms with Crippen molar-refractivity contribution in [3.8, 4) is 6.07 Å². The smallest absolute Gasteiger partial charge is 0.243 e. The lowest BCUT2D eigenvalue weighted by molar-refractivity contribution is -0.121. The predicted molar refractivity (Wildman–Crippen MR) is 63.9 cm³/mol. The molecule has 0 radical (unpaired) electrons. The molecule has 4 nitrogen and oxygen atoms in total. The monoisotopic (exact) mass is 225 g/mol. The first kappa shape index (κ1) is 11.1. The summed E-state index contributed by atoms with van der Waals surface area (Å²) in [7, 11) is 0. The molecule has 2 aromatic rings. The average molecular weight is 225 g/mol. The quantitative estimate of drug-likeness (QED) is 0.841. The zero-order chi connectivity index (χ0) is 12.5. The number of nitriles is 1. The SMILES string of the molecule is CC(C#N)(C(N)=O)c1nccc2ccccc12. The average Bonchev–Trinajstić information content (AvgIpc) is 2.37. The van der Waals surface area contributed by atoms with Gasteiger partial charge in [0.2, 0.25) is 5.91 Å². The minimum atomic E-state index is -1.40. The normalized spacial score (nSPS) is 13.9. The lowest BCUT2D eigenvalue weighted by Gasteiger charge is -2.18. The second-order valence-corrected chi connectivity index (χ2v) is 3.98. The van der Waals surface area contributed by atoms with Crippen molar-refractivity contribution in [3.05, 3.63) is 42.2 Å². The number of fused-ring (bicyclic) bond motifs is 1. The van der Waals surface area contributed by atoms with Crippen LogP contribution < -0.4 is 5.73 Å². The van der Waals surface area contributed by atoms with E-state index in [9.17, 15) is 10.1 Å². The third-order valence-corrected chi connectivity index (χ3v) is 2.86. The van der Waals surface area contributed by atoms with Crippen LogP contribution in [0.5, 0.6) is 0 Å². The molecule has 1 aromatic heterocycles. The molecule has 0 spiro atoms. The van der Waals surface area contributed by atoms with Gasteiger partial charge in [-0.3, -0.25) is 9.78 Å². The molecule has 0 aliphatic heterocycles. The van der Waals surface area contributed by atoms with Crippen molar-refractivity contribution < 1.29 is 4.79 Å². The molecule has 17 heavy (non-hydrogen) atoms. The maximum atomic E-state index is 11.5. The van der Waals surface area contributed by atoms with E-state index >= 15 is 0 Å². The molecule has 1 heterocycles. The molecule has 0 saturated heterocycles. The van der Waals surface area contributed by atoms with Gasteiger partial charge in [0, 0.05) is 11.6 Å². The molecule has 2 rings (SSSR count). The zero-order valence-corrected chi connectivity index (χ0v) is 9.34. The Kier molecular flexibility index (Phi) is 2.52. The Bertz CT molecular complexity index is 625. The molecule has 0 saturated carbocycles. The fraction of sp³-hybridized carbons (Fsp3) is 0.154. The van der Waals surface area contributed by atoms with Gasteiger partial charge in [-0.05, 0) is 18.4 Å². The number of benzene rings is 1. The van der Waals surface area contributed by atoms with E-state index in [1.54, 1.807) is 6.20 Å². The minimum absolute atomic E-state index is 0.408. The summed E-state index contributed by atoms with van der Waals surface area (Å²) < 4.78 is 0. The summed E-state index contributed by atoms with van der Waals surface area (Å²) in [4.78, 5) is 15.6. The maximum Gasteiger partial charge on any atom is 0.243 e. The van der Waals surface area contributed by atoms with Crippen molar-refractivity contribution in [2.24, 2.45) is 5.73 Å². The van der Waals surface area contributed by atoms with Gasteiger partial charge in [-0.25, -0.2) is 0 Å². The third-order valence-electron chi connectivity index (χ3n) is 2.86. The van der Waals surface area contributed by atoms with Gasteiger partial charge in [-0.2, -0.15) is 5.26 Å². The van der Waals surface area contributed by atoms with Crippen molar-refractivity contribution in [2.45, 2.75) is 12.3 Å². The van der Waals surface area contributed by atoms with E-state index in [1.165, 1.54) is 6.92 Å². The van der Waals surface area contributed by atoms with Crippen LogP contribution in [-0.2, 0) is 10.2 Å². The third kappa shape index (κ3) is 1.62. The lowest BCUT2D eigenvalue weighted by Crippen LogP contribution is -2.38. The number of rotatable bonds is 2. The number of carbonyl (C=O) groups excluding carboxylic acids is 1. The summed E-state index contributed by atoms with van der Waals surface area (Å²) >= 11 is 0. The Labute approximate surface area is 98.7 Å². The first-order chi connectivity index (χ1) is 8.09. The van der Waals surface area contributed by atoms with Crippen molar-refractivity contribution in [1.29, 1.82) is 5.26 Å². The highest BCUT2D eigenvalue weighted by Gasteiger charge is 2.36. The number of amides is 1. The Morgan fingerprint density at radius 3 is 2.76 bits per heavy atom. The summed E-state index contributed by atoms with van der Waals surface area (Å²) in [5.41, 5.74) is 4.31. The summed E-state index contributed by atoms with van der Waals surface area (Å²) in [6, 6.07) is 11.2. The van der Waals surface area contributed by atoms with Crippen LogP contribution in [0.15, 0.2) is 36.5 Å². The summed E-state index contributed by atoms with van der Waals surface area (Å²) in [5, 5.41) is 10.9. The van der Waals surface area contributed by atoms with Gasteiger partial charge < -0.3 is 5.73 Å². The molecule has 0 bridgehead atoms. The molecule has 1 atom stereocenters. The van der Waals surface area contributed by atoms with Crippen LogP contribution in [0.25, 0.3) is 10.8 Å². The standard InChI is InChI=1S/C13H11N3O/c1-13(8-14,12(15)17)11-10-5-3-2-4-9(10)6-7-16-11/h2-7H,1H3,(H2,15,17). The van der Waals surface area contributed by atoms with E-state index < -0.39 is 11.3 Å². The van der Waals surface area contributed by atoms with Crippen LogP contribution in [-0.4, -0.2) is 10.9 Å². The van der Waals surface area contributed by atoms with Crippen molar-refractivity contribution in [3.63, 3.8) is 0 Å². The van der Waals surface area contributed by atoms with E-state index in [0.717, 1.165) is 10.8 Å². The summed E-state index contributed by atoms with van der Waals surface area (Å²) in [6.07, 6.45) is 1.58. The van der Waals surface area contributed by atoms with Crippen molar-refractivity contribution in [1.82, 2.24) is 4.98 Å². The molecular formula is C13H11N3O. The summed E-state index contributed by atoms with van der Waals surface area (Å²) in [6.45, 7) is 1.49. The zero-order valence-electron chi connectivity index (χ0n) is 9.34. The molecular weight excluding hydrogens is 214 g/mol. The fourth-order valence-electron chi connectivity index (χ4n) is 1.74. The largest absolute Gasteiger partial charge is 0.368 e. The van der Waals surface area contributed by atoms with Crippen LogP contribution in [0.1, 0.15) is 12.6 Å². The number of nitrogens with zero attached hydrogens (tertiary/aromatic N) is 2. The highest BCUT2D eigenvalue weighted by molar-refractivity contribution is 5.95. The van der Waals surface area contributed by atoms with Crippen LogP contribution in [0.2, 0.25) is 0 Å². The van der Waals surface area contributed by atoms with Crippen LogP contribution in [0.4, 0.5) is 0 Å². The number of hydrogen-bond donors (Lipinski definition) is 1. The van der Waals surface area contributed by atoms with Gasteiger partial charge in [-0.15, -0.1) is 0 Å². The second-order valence-electron chi connectivity index (χ2n) is 3.98. The number of primary amides is 1. The van der Waals surface area contributed by atoms with Gasteiger partial charge in [0.1, 0.15) is 0 Å². The van der Waals surface area contributed by atoms with Gasteiger partial charge in [0.05, 0.1) is 11.8 Å². The molecule has 1 aromatic carbocycles. The molecule has 1 amide bonds. The second kappa shape index (κ2) is 3.87. The molecule has 1 unspecified atom stereocenters. The molecule has 0 aliphatic rings. The highest BCUT2D eigenvalue weighted by atomic mass is 16.1. The Balaban J connectivity index is 2.80. The lowest BCUT2D eigenvalue weighted by atomic mass is 9.84. The Morgan fingerprint density at radius 1 is 1.41 bits per heavy atom. The molecule has 0 aliphatic carbocycles. The van der Waals surface area contributed by atoms with Gasteiger partial charge in [-0.1, -0.05) is 24.3 Å². The first-order valence-corrected chi connectivity index (χ1v) is 5.15.